The quantitative estimate of drug-likeness (QED) is 0.676. The number of hydrogen-bond acceptors (Lipinski definition) is 2. The van der Waals surface area contributed by atoms with E-state index in [9.17, 15) is 0 Å². The Balaban J connectivity index is 1.81. The predicted octanol–water partition coefficient (Wildman–Crippen LogP) is 4.98. The molecule has 0 unspecified atom stereocenters. The molecule has 100 valence electrons. The Bertz CT molecular complexity index is 556. The van der Waals surface area contributed by atoms with Crippen LogP contribution >= 0.6 is 31.9 Å². The monoisotopic (exact) mass is 384 g/mol. The molecule has 0 radical (unpaired) electrons. The molecule has 0 aliphatic carbocycles. The maximum Gasteiger partial charge on any atom is 0.133 e. The number of hydrogen-bond donors (Lipinski definition) is 0. The van der Waals surface area contributed by atoms with Gasteiger partial charge in [-0.05, 0) is 58.7 Å². The van der Waals surface area contributed by atoms with Crippen molar-refractivity contribution in [2.75, 3.05) is 13.2 Å². The fourth-order valence-electron chi connectivity index (χ4n) is 1.59. The van der Waals surface area contributed by atoms with Crippen molar-refractivity contribution in [3.8, 4) is 11.5 Å². The summed E-state index contributed by atoms with van der Waals surface area (Å²) in [7, 11) is 0. The van der Waals surface area contributed by atoms with E-state index in [0.29, 0.717) is 13.2 Å². The van der Waals surface area contributed by atoms with Crippen molar-refractivity contribution < 1.29 is 9.47 Å². The first-order chi connectivity index (χ1) is 9.15. The highest BCUT2D eigenvalue weighted by Gasteiger charge is 2.01. The standard InChI is InChI=1S/C15H14Br2O2/c1-11-5-6-15(14(17)9-11)19-8-7-18-13-4-2-3-12(16)10-13/h2-6,9-10H,7-8H2,1H3. The molecule has 2 aromatic rings. The zero-order chi connectivity index (χ0) is 13.7. The fraction of sp³-hybridized carbons (Fsp3) is 0.200. The summed E-state index contributed by atoms with van der Waals surface area (Å²) in [4.78, 5) is 0. The van der Waals surface area contributed by atoms with Crippen molar-refractivity contribution in [2.24, 2.45) is 0 Å². The first-order valence-electron chi connectivity index (χ1n) is 5.92. The average Bonchev–Trinajstić information content (AvgIpc) is 2.37. The van der Waals surface area contributed by atoms with Crippen LogP contribution in [-0.2, 0) is 0 Å². The van der Waals surface area contributed by atoms with Crippen LogP contribution < -0.4 is 9.47 Å². The van der Waals surface area contributed by atoms with E-state index >= 15 is 0 Å². The van der Waals surface area contributed by atoms with Crippen molar-refractivity contribution in [1.29, 1.82) is 0 Å². The van der Waals surface area contributed by atoms with Gasteiger partial charge in [-0.15, -0.1) is 0 Å². The maximum atomic E-state index is 5.66. The van der Waals surface area contributed by atoms with Crippen LogP contribution in [0, 0.1) is 6.92 Å². The summed E-state index contributed by atoms with van der Waals surface area (Å²) in [5.41, 5.74) is 1.20. The lowest BCUT2D eigenvalue weighted by Crippen LogP contribution is -2.09. The van der Waals surface area contributed by atoms with E-state index in [2.05, 4.69) is 31.9 Å². The highest BCUT2D eigenvalue weighted by atomic mass is 79.9. The molecule has 4 heteroatoms. The van der Waals surface area contributed by atoms with Gasteiger partial charge in [0.05, 0.1) is 4.47 Å². The van der Waals surface area contributed by atoms with Gasteiger partial charge in [0, 0.05) is 4.47 Å². The smallest absolute Gasteiger partial charge is 0.133 e. The van der Waals surface area contributed by atoms with Gasteiger partial charge in [-0.25, -0.2) is 0 Å². The zero-order valence-electron chi connectivity index (χ0n) is 10.5. The Kier molecular flexibility index (Phi) is 5.28. The second-order valence-electron chi connectivity index (χ2n) is 4.09. The van der Waals surface area contributed by atoms with Crippen LogP contribution in [0.2, 0.25) is 0 Å². The molecule has 0 heterocycles. The molecular formula is C15H14Br2O2. The van der Waals surface area contributed by atoms with Crippen molar-refractivity contribution in [2.45, 2.75) is 6.92 Å². The summed E-state index contributed by atoms with van der Waals surface area (Å²) in [6.07, 6.45) is 0. The van der Waals surface area contributed by atoms with E-state index < -0.39 is 0 Å². The Morgan fingerprint density at radius 1 is 0.947 bits per heavy atom. The normalized spacial score (nSPS) is 10.3. The molecule has 2 rings (SSSR count). The molecule has 0 aliphatic heterocycles. The van der Waals surface area contributed by atoms with E-state index in [-0.39, 0.29) is 0 Å². The van der Waals surface area contributed by atoms with E-state index in [1.807, 2.05) is 49.4 Å². The molecule has 0 fully saturated rings. The van der Waals surface area contributed by atoms with Crippen LogP contribution in [0.1, 0.15) is 5.56 Å². The minimum Gasteiger partial charge on any atom is -0.490 e. The van der Waals surface area contributed by atoms with Crippen LogP contribution in [0.3, 0.4) is 0 Å². The number of aryl methyl sites for hydroxylation is 1. The molecule has 2 aromatic carbocycles. The Morgan fingerprint density at radius 3 is 2.47 bits per heavy atom. The molecule has 0 aliphatic rings. The van der Waals surface area contributed by atoms with Crippen LogP contribution in [0.25, 0.3) is 0 Å². The molecule has 0 amide bonds. The molecule has 2 nitrogen and oxygen atoms in total. The predicted molar refractivity (Wildman–Crippen MR) is 84.0 cm³/mol. The first kappa shape index (κ1) is 14.4. The Morgan fingerprint density at radius 2 is 1.74 bits per heavy atom. The number of ether oxygens (including phenoxy) is 2. The number of benzene rings is 2. The molecule has 0 N–H and O–H groups in total. The lowest BCUT2D eigenvalue weighted by molar-refractivity contribution is 0.216. The van der Waals surface area contributed by atoms with Gasteiger partial charge in [-0.3, -0.25) is 0 Å². The maximum absolute atomic E-state index is 5.66. The van der Waals surface area contributed by atoms with Crippen LogP contribution in [0.15, 0.2) is 51.4 Å². The lowest BCUT2D eigenvalue weighted by atomic mass is 10.2. The van der Waals surface area contributed by atoms with Crippen molar-refractivity contribution >= 4 is 31.9 Å². The van der Waals surface area contributed by atoms with Gasteiger partial charge < -0.3 is 9.47 Å². The Hall–Kier alpha value is -1.000. The second kappa shape index (κ2) is 6.96. The van der Waals surface area contributed by atoms with Crippen molar-refractivity contribution in [3.63, 3.8) is 0 Å². The van der Waals surface area contributed by atoms with Crippen molar-refractivity contribution in [3.05, 3.63) is 57.0 Å². The minimum atomic E-state index is 0.508. The van der Waals surface area contributed by atoms with Crippen LogP contribution in [-0.4, -0.2) is 13.2 Å². The second-order valence-corrected chi connectivity index (χ2v) is 5.86. The fourth-order valence-corrected chi connectivity index (χ4v) is 2.58. The lowest BCUT2D eigenvalue weighted by Gasteiger charge is -2.10. The molecule has 0 atom stereocenters. The molecule has 0 saturated carbocycles. The summed E-state index contributed by atoms with van der Waals surface area (Å²) in [5.74, 6) is 1.67. The molecule has 0 saturated heterocycles. The molecule has 0 spiro atoms. The van der Waals surface area contributed by atoms with Gasteiger partial charge in [-0.1, -0.05) is 28.1 Å². The number of rotatable bonds is 5. The zero-order valence-corrected chi connectivity index (χ0v) is 13.7. The van der Waals surface area contributed by atoms with Gasteiger partial charge in [0.1, 0.15) is 24.7 Å². The minimum absolute atomic E-state index is 0.508. The SMILES string of the molecule is Cc1ccc(OCCOc2cccc(Br)c2)c(Br)c1. The first-order valence-corrected chi connectivity index (χ1v) is 7.51. The highest BCUT2D eigenvalue weighted by molar-refractivity contribution is 9.10. The van der Waals surface area contributed by atoms with E-state index in [0.717, 1.165) is 20.4 Å². The summed E-state index contributed by atoms with van der Waals surface area (Å²) < 4.78 is 13.2. The van der Waals surface area contributed by atoms with Gasteiger partial charge in [0.2, 0.25) is 0 Å². The molecule has 0 aromatic heterocycles. The molecule has 19 heavy (non-hydrogen) atoms. The third-order valence-corrected chi connectivity index (χ3v) is 3.61. The summed E-state index contributed by atoms with van der Waals surface area (Å²) in [6.45, 7) is 3.07. The summed E-state index contributed by atoms with van der Waals surface area (Å²) in [5, 5.41) is 0. The number of halogens is 2. The van der Waals surface area contributed by atoms with Gasteiger partial charge >= 0.3 is 0 Å². The third-order valence-electron chi connectivity index (χ3n) is 2.49. The molecule has 0 bridgehead atoms. The summed E-state index contributed by atoms with van der Waals surface area (Å²) in [6, 6.07) is 13.8. The van der Waals surface area contributed by atoms with E-state index in [1.165, 1.54) is 5.56 Å². The van der Waals surface area contributed by atoms with Crippen LogP contribution in [0.4, 0.5) is 0 Å². The largest absolute Gasteiger partial charge is 0.490 e. The van der Waals surface area contributed by atoms with E-state index in [1.54, 1.807) is 0 Å². The van der Waals surface area contributed by atoms with Gasteiger partial charge in [0.15, 0.2) is 0 Å². The highest BCUT2D eigenvalue weighted by Crippen LogP contribution is 2.25. The average molecular weight is 386 g/mol. The van der Waals surface area contributed by atoms with Crippen molar-refractivity contribution in [1.82, 2.24) is 0 Å². The van der Waals surface area contributed by atoms with Crippen LogP contribution in [0.5, 0.6) is 11.5 Å². The topological polar surface area (TPSA) is 18.5 Å². The van der Waals surface area contributed by atoms with Gasteiger partial charge in [0.25, 0.3) is 0 Å². The van der Waals surface area contributed by atoms with E-state index in [4.69, 9.17) is 9.47 Å². The molecular weight excluding hydrogens is 372 g/mol. The summed E-state index contributed by atoms with van der Waals surface area (Å²) >= 11 is 6.89. The Labute approximate surface area is 130 Å². The van der Waals surface area contributed by atoms with Gasteiger partial charge in [-0.2, -0.15) is 0 Å². The third kappa shape index (κ3) is 4.55.